The molecule has 4 aromatic rings. The van der Waals surface area contributed by atoms with Crippen LogP contribution in [0.15, 0.2) is 66.9 Å². The van der Waals surface area contributed by atoms with Crippen LogP contribution < -0.4 is 14.5 Å². The molecule has 0 amide bonds. The summed E-state index contributed by atoms with van der Waals surface area (Å²) < 4.78 is 69.7. The number of nitrogens with zero attached hydrogens (tertiary/aromatic N) is 3. The summed E-state index contributed by atoms with van der Waals surface area (Å²) in [4.78, 5) is 12.2. The second kappa shape index (κ2) is 9.91. The first-order chi connectivity index (χ1) is 18.7. The molecule has 5 nitrogen and oxygen atoms in total. The van der Waals surface area contributed by atoms with Crippen molar-refractivity contribution in [2.45, 2.75) is 38.1 Å². The number of piperidine rings is 1. The number of fused-ring (bicyclic) bond motifs is 2. The summed E-state index contributed by atoms with van der Waals surface area (Å²) in [5, 5.41) is 0. The first kappa shape index (κ1) is 25.2. The highest BCUT2D eigenvalue weighted by Crippen LogP contribution is 2.40. The third-order valence-corrected chi connectivity index (χ3v) is 7.28. The molecule has 2 aliphatic heterocycles. The first-order valence-corrected chi connectivity index (χ1v) is 12.8. The largest absolute Gasteiger partial charge is 0.573 e. The predicted molar refractivity (Wildman–Crippen MR) is 138 cm³/mol. The molecule has 1 fully saturated rings. The second-order valence-corrected chi connectivity index (χ2v) is 9.84. The van der Waals surface area contributed by atoms with E-state index in [-0.39, 0.29) is 23.4 Å². The van der Waals surface area contributed by atoms with Gasteiger partial charge in [0.2, 0.25) is 0 Å². The van der Waals surface area contributed by atoms with Crippen LogP contribution in [0.2, 0.25) is 0 Å². The SMILES string of the molecule is Fc1ccc2c(c1)CCc1cc(F)ccc1N2C1CCCN(c2c[nH]c(-c3ccc(OC(F)(F)F)cc3)n2)C1. The Morgan fingerprint density at radius 1 is 0.872 bits per heavy atom. The minimum absolute atomic E-state index is 0.0317. The van der Waals surface area contributed by atoms with Gasteiger partial charge in [-0.15, -0.1) is 13.2 Å². The van der Waals surface area contributed by atoms with Gasteiger partial charge in [-0.1, -0.05) is 0 Å². The summed E-state index contributed by atoms with van der Waals surface area (Å²) in [6.45, 7) is 1.41. The summed E-state index contributed by atoms with van der Waals surface area (Å²) in [6, 6.07) is 15.2. The quantitative estimate of drug-likeness (QED) is 0.279. The van der Waals surface area contributed by atoms with Crippen molar-refractivity contribution in [3.05, 3.63) is 89.6 Å². The summed E-state index contributed by atoms with van der Waals surface area (Å²) in [7, 11) is 0. The molecule has 0 bridgehead atoms. The molecule has 3 aromatic carbocycles. The second-order valence-electron chi connectivity index (χ2n) is 9.84. The van der Waals surface area contributed by atoms with E-state index in [9.17, 15) is 22.0 Å². The lowest BCUT2D eigenvalue weighted by Crippen LogP contribution is -2.47. The molecule has 1 N–H and O–H groups in total. The van der Waals surface area contributed by atoms with Gasteiger partial charge in [0.1, 0.15) is 29.0 Å². The Morgan fingerprint density at radius 3 is 2.13 bits per heavy atom. The van der Waals surface area contributed by atoms with E-state index in [4.69, 9.17) is 4.98 Å². The molecule has 3 heterocycles. The van der Waals surface area contributed by atoms with E-state index in [0.717, 1.165) is 47.7 Å². The van der Waals surface area contributed by atoms with Crippen LogP contribution in [0.25, 0.3) is 11.4 Å². The third-order valence-electron chi connectivity index (χ3n) is 7.28. The average molecular weight is 541 g/mol. The Kier molecular flexibility index (Phi) is 6.40. The van der Waals surface area contributed by atoms with Crippen molar-refractivity contribution in [2.75, 3.05) is 22.9 Å². The van der Waals surface area contributed by atoms with Crippen molar-refractivity contribution < 1.29 is 26.7 Å². The molecule has 6 rings (SSSR count). The van der Waals surface area contributed by atoms with Crippen LogP contribution in [0, 0.1) is 11.6 Å². The molecule has 2 aliphatic rings. The van der Waals surface area contributed by atoms with E-state index in [2.05, 4.69) is 19.5 Å². The van der Waals surface area contributed by atoms with E-state index in [1.807, 2.05) is 0 Å². The maximum Gasteiger partial charge on any atom is 0.573 e. The van der Waals surface area contributed by atoms with Crippen molar-refractivity contribution in [1.29, 1.82) is 0 Å². The standard InChI is InChI=1S/C29H25F5N4O/c30-21-7-11-25-19(14-21)3-4-20-15-22(31)8-12-26(20)38(25)23-2-1-13-37(17-23)27-16-35-28(36-27)18-5-9-24(10-6-18)39-29(32,33)34/h5-12,14-16,23H,1-4,13,17H2,(H,35,36). The van der Waals surface area contributed by atoms with E-state index in [1.54, 1.807) is 30.5 Å². The number of aromatic nitrogens is 2. The van der Waals surface area contributed by atoms with Crippen LogP contribution >= 0.6 is 0 Å². The fourth-order valence-corrected chi connectivity index (χ4v) is 5.58. The van der Waals surface area contributed by atoms with Gasteiger partial charge in [-0.2, -0.15) is 0 Å². The third kappa shape index (κ3) is 5.28. The zero-order valence-corrected chi connectivity index (χ0v) is 20.8. The molecular weight excluding hydrogens is 515 g/mol. The number of alkyl halides is 3. The lowest BCUT2D eigenvalue weighted by molar-refractivity contribution is -0.274. The Morgan fingerprint density at radius 2 is 1.51 bits per heavy atom. The molecule has 0 radical (unpaired) electrons. The summed E-state index contributed by atoms with van der Waals surface area (Å²) in [6.07, 6.45) is 0.0494. The van der Waals surface area contributed by atoms with Crippen LogP contribution in [0.3, 0.4) is 0 Å². The zero-order chi connectivity index (χ0) is 27.1. The topological polar surface area (TPSA) is 44.4 Å². The van der Waals surface area contributed by atoms with Crippen LogP contribution in [0.4, 0.5) is 39.1 Å². The Hall–Kier alpha value is -4.08. The van der Waals surface area contributed by atoms with Crippen molar-refractivity contribution in [3.63, 3.8) is 0 Å². The normalized spacial score (nSPS) is 17.4. The fraction of sp³-hybridized carbons (Fsp3) is 0.276. The van der Waals surface area contributed by atoms with Crippen molar-refractivity contribution in [2.24, 2.45) is 0 Å². The number of nitrogens with one attached hydrogen (secondary N) is 1. The van der Waals surface area contributed by atoms with Gasteiger partial charge in [0.05, 0.1) is 6.04 Å². The lowest BCUT2D eigenvalue weighted by Gasteiger charge is -2.41. The number of rotatable bonds is 4. The van der Waals surface area contributed by atoms with Gasteiger partial charge in [0.25, 0.3) is 0 Å². The van der Waals surface area contributed by atoms with Crippen molar-refractivity contribution in [3.8, 4) is 17.1 Å². The number of benzene rings is 3. The van der Waals surface area contributed by atoms with Gasteiger partial charge in [-0.3, -0.25) is 0 Å². The summed E-state index contributed by atoms with van der Waals surface area (Å²) in [5.74, 6) is 0.367. The predicted octanol–water partition coefficient (Wildman–Crippen LogP) is 7.16. The van der Waals surface area contributed by atoms with E-state index < -0.39 is 6.36 Å². The molecule has 0 spiro atoms. The molecule has 1 unspecified atom stereocenters. The first-order valence-electron chi connectivity index (χ1n) is 12.8. The zero-order valence-electron chi connectivity index (χ0n) is 20.8. The molecular formula is C29H25F5N4O. The molecule has 10 heteroatoms. The van der Waals surface area contributed by atoms with Crippen LogP contribution in [-0.2, 0) is 12.8 Å². The Balaban J connectivity index is 1.27. The number of hydrogen-bond donors (Lipinski definition) is 1. The number of aromatic amines is 1. The van der Waals surface area contributed by atoms with Gasteiger partial charge in [-0.25, -0.2) is 13.8 Å². The van der Waals surface area contributed by atoms with Gasteiger partial charge in [-0.05, 0) is 97.5 Å². The number of halogens is 5. The number of anilines is 3. The number of aryl methyl sites for hydroxylation is 2. The molecule has 202 valence electrons. The maximum atomic E-state index is 14.2. The minimum atomic E-state index is -4.75. The fourth-order valence-electron chi connectivity index (χ4n) is 5.58. The smallest absolute Gasteiger partial charge is 0.406 e. The maximum absolute atomic E-state index is 14.2. The summed E-state index contributed by atoms with van der Waals surface area (Å²) >= 11 is 0. The van der Waals surface area contributed by atoms with Crippen LogP contribution in [0.5, 0.6) is 5.75 Å². The Labute approximate surface area is 221 Å². The molecule has 0 aliphatic carbocycles. The van der Waals surface area contributed by atoms with E-state index in [1.165, 1.54) is 36.4 Å². The number of hydrogen-bond acceptors (Lipinski definition) is 4. The number of ether oxygens (including phenoxy) is 1. The highest BCUT2D eigenvalue weighted by Gasteiger charge is 2.32. The lowest BCUT2D eigenvalue weighted by atomic mass is 10.0. The number of imidazole rings is 1. The van der Waals surface area contributed by atoms with Crippen LogP contribution in [0.1, 0.15) is 24.0 Å². The molecule has 1 aromatic heterocycles. The minimum Gasteiger partial charge on any atom is -0.406 e. The van der Waals surface area contributed by atoms with E-state index >= 15 is 0 Å². The molecule has 1 atom stereocenters. The van der Waals surface area contributed by atoms with Gasteiger partial charge < -0.3 is 19.5 Å². The average Bonchev–Trinajstić information content (AvgIpc) is 3.34. The van der Waals surface area contributed by atoms with Gasteiger partial charge in [0.15, 0.2) is 0 Å². The molecule has 39 heavy (non-hydrogen) atoms. The van der Waals surface area contributed by atoms with Crippen molar-refractivity contribution in [1.82, 2.24) is 9.97 Å². The van der Waals surface area contributed by atoms with Crippen LogP contribution in [-0.4, -0.2) is 35.5 Å². The monoisotopic (exact) mass is 540 g/mol. The number of H-pyrrole nitrogens is 1. The molecule has 0 saturated carbocycles. The highest BCUT2D eigenvalue weighted by molar-refractivity contribution is 5.72. The molecule has 1 saturated heterocycles. The highest BCUT2D eigenvalue weighted by atomic mass is 19.4. The van der Waals surface area contributed by atoms with Gasteiger partial charge >= 0.3 is 6.36 Å². The van der Waals surface area contributed by atoms with E-state index in [0.29, 0.717) is 30.8 Å². The van der Waals surface area contributed by atoms with Gasteiger partial charge in [0, 0.05) is 36.2 Å². The summed E-state index contributed by atoms with van der Waals surface area (Å²) in [5.41, 5.74) is 4.27. The Bertz CT molecular complexity index is 1430. The van der Waals surface area contributed by atoms with Crippen molar-refractivity contribution >= 4 is 17.2 Å².